The third kappa shape index (κ3) is 9.01. The van der Waals surface area contributed by atoms with Crippen LogP contribution in [-0.4, -0.2) is 49.3 Å². The molecule has 1 aliphatic rings. The van der Waals surface area contributed by atoms with Crippen LogP contribution in [0.15, 0.2) is 42.5 Å². The van der Waals surface area contributed by atoms with Crippen LogP contribution >= 0.6 is 19.4 Å². The summed E-state index contributed by atoms with van der Waals surface area (Å²) in [6.45, 7) is 17.6. The predicted molar refractivity (Wildman–Crippen MR) is 176 cm³/mol. The molecule has 0 aliphatic carbocycles. The zero-order valence-electron chi connectivity index (χ0n) is 25.8. The number of carbonyl (C=O) groups is 1. The maximum atomic E-state index is 11.3. The van der Waals surface area contributed by atoms with E-state index < -0.39 is 24.4 Å². The van der Waals surface area contributed by atoms with Crippen molar-refractivity contribution in [2.45, 2.75) is 41.5 Å². The smallest absolute Gasteiger partial charge is 0.0146 e. The molecule has 1 heterocycles. The van der Waals surface area contributed by atoms with E-state index in [1.54, 1.807) is 22.6 Å². The molecule has 11 heteroatoms. The van der Waals surface area contributed by atoms with E-state index in [9.17, 15) is 14.9 Å². The summed E-state index contributed by atoms with van der Waals surface area (Å²) in [6, 6.07) is 13.4. The van der Waals surface area contributed by atoms with E-state index in [0.29, 0.717) is 11.3 Å². The van der Waals surface area contributed by atoms with Gasteiger partial charge in [0.05, 0.1) is 0 Å². The van der Waals surface area contributed by atoms with Crippen LogP contribution in [0.4, 0.5) is 22.7 Å². The number of hydrogen-bond acceptors (Lipinski definition) is 7. The maximum absolute atomic E-state index is 11.3. The number of nitro benzene ring substituents is 1. The van der Waals surface area contributed by atoms with Gasteiger partial charge in [-0.25, -0.2) is 0 Å². The summed E-state index contributed by atoms with van der Waals surface area (Å²) in [5.41, 5.74) is 11.9. The third-order valence-corrected chi connectivity index (χ3v) is 8.95. The maximum Gasteiger partial charge on any atom is 0.0146 e. The van der Waals surface area contributed by atoms with Gasteiger partial charge in [0.2, 0.25) is 0 Å². The van der Waals surface area contributed by atoms with E-state index in [0.717, 1.165) is 13.1 Å². The Morgan fingerprint density at radius 1 is 0.953 bits per heavy atom. The van der Waals surface area contributed by atoms with Crippen LogP contribution in [0.25, 0.3) is 0 Å². The molecule has 1 saturated heterocycles. The van der Waals surface area contributed by atoms with Gasteiger partial charge in [-0.2, -0.15) is 6.67 Å². The molecular formula is C32H39Cl2N4O4Ru-. The van der Waals surface area contributed by atoms with Gasteiger partial charge in [-0.1, -0.05) is 35.4 Å². The number of nitrogens with zero attached hydrogens (tertiary/aromatic N) is 4. The fraction of sp³-hybridized carbons (Fsp3) is 0.344. The molecule has 0 atom stereocenters. The van der Waals surface area contributed by atoms with Crippen LogP contribution in [0.3, 0.4) is 0 Å². The molecule has 0 radical (unpaired) electrons. The van der Waals surface area contributed by atoms with Gasteiger partial charge in [-0.3, -0.25) is 0 Å². The van der Waals surface area contributed by atoms with Gasteiger partial charge in [0.15, 0.2) is 0 Å². The van der Waals surface area contributed by atoms with Gasteiger partial charge in [0.25, 0.3) is 0 Å². The van der Waals surface area contributed by atoms with E-state index in [2.05, 4.69) is 87.0 Å². The van der Waals surface area contributed by atoms with E-state index in [-0.39, 0.29) is 12.2 Å². The summed E-state index contributed by atoms with van der Waals surface area (Å²) in [6.07, 6.45) is 0. The largest absolute Gasteiger partial charge is 0.502 e. The number of halogens is 2. The zero-order valence-corrected chi connectivity index (χ0v) is 29.1. The molecular weight excluding hydrogens is 676 g/mol. The van der Waals surface area contributed by atoms with E-state index in [1.165, 1.54) is 64.0 Å². The third-order valence-electron chi connectivity index (χ3n) is 7.12. The predicted octanol–water partition coefficient (Wildman–Crippen LogP) is 7.26. The van der Waals surface area contributed by atoms with Crippen molar-refractivity contribution in [2.24, 2.45) is 0 Å². The number of carbonyl (C=O) groups excluding carboxylic acids is 1. The minimum absolute atomic E-state index is 0.0203. The molecule has 0 unspecified atom stereocenters. The second kappa shape index (κ2) is 15.1. The molecule has 234 valence electrons. The normalized spacial score (nSPS) is 12.8. The summed E-state index contributed by atoms with van der Waals surface area (Å²) in [4.78, 5) is 28.0. The fourth-order valence-electron chi connectivity index (χ4n) is 5.60. The molecule has 1 aliphatic heterocycles. The van der Waals surface area contributed by atoms with Gasteiger partial charge in [-0.15, -0.1) is 0 Å². The Kier molecular flexibility index (Phi) is 12.1. The quantitative estimate of drug-likeness (QED) is 0.0838. The summed E-state index contributed by atoms with van der Waals surface area (Å²) in [5.74, 6) is -0.414. The minimum Gasteiger partial charge on any atom is -0.502 e. The molecule has 3 aromatic carbocycles. The Bertz CT molecular complexity index is 1430. The minimum atomic E-state index is -2.15. The molecule has 0 aromatic heterocycles. The van der Waals surface area contributed by atoms with Crippen LogP contribution in [0.1, 0.15) is 38.9 Å². The SMILES string of the molecule is COC(=O)CN(C)c1ccc([N+](=O)[O-])cc1[CH]=[Ru]([Cl])[Cl].Cc1cc(C)c(N2[CH-]N(c3c(C)cc(C)cc3C)CC2)c(C)c1. The molecule has 8 nitrogen and oxygen atoms in total. The Morgan fingerprint density at radius 2 is 1.42 bits per heavy atom. The van der Waals surface area contributed by atoms with Gasteiger partial charge in [-0.05, 0) is 63.8 Å². The number of non-ortho nitro benzene ring substituents is 1. The van der Waals surface area contributed by atoms with Crippen LogP contribution in [0.5, 0.6) is 0 Å². The zero-order chi connectivity index (χ0) is 32.0. The van der Waals surface area contributed by atoms with Gasteiger partial charge in [0, 0.05) is 24.5 Å². The van der Waals surface area contributed by atoms with Crippen LogP contribution in [0, 0.1) is 58.3 Å². The Hall–Kier alpha value is -3.00. The number of ether oxygens (including phenoxy) is 1. The second-order valence-corrected chi connectivity index (χ2v) is 16.5. The topological polar surface area (TPSA) is 79.2 Å². The molecule has 0 amide bonds. The number of benzene rings is 3. The van der Waals surface area contributed by atoms with E-state index in [4.69, 9.17) is 19.4 Å². The number of aryl methyl sites for hydroxylation is 6. The number of anilines is 3. The van der Waals surface area contributed by atoms with Gasteiger partial charge in [0.1, 0.15) is 0 Å². The Morgan fingerprint density at radius 3 is 1.81 bits per heavy atom. The number of esters is 1. The molecule has 0 bridgehead atoms. The summed E-state index contributed by atoms with van der Waals surface area (Å²) in [7, 11) is 14.6. The number of likely N-dealkylation sites (N-methyl/N-ethyl adjacent to an activating group) is 1. The van der Waals surface area contributed by atoms with Gasteiger partial charge >= 0.3 is 129 Å². The monoisotopic (exact) mass is 715 g/mol. The van der Waals surface area contributed by atoms with Crippen molar-refractivity contribution in [3.05, 3.63) is 98.2 Å². The first-order valence-electron chi connectivity index (χ1n) is 13.6. The van der Waals surface area contributed by atoms with Crippen molar-refractivity contribution in [1.29, 1.82) is 0 Å². The average molecular weight is 716 g/mol. The molecule has 3 aromatic rings. The first-order valence-corrected chi connectivity index (χ1v) is 19.1. The Balaban J connectivity index is 0.000000238. The first-order chi connectivity index (χ1) is 20.2. The van der Waals surface area contributed by atoms with E-state index in [1.807, 2.05) is 0 Å². The Labute approximate surface area is 267 Å². The van der Waals surface area contributed by atoms with Crippen molar-refractivity contribution < 1.29 is 28.0 Å². The van der Waals surface area contributed by atoms with Gasteiger partial charge < -0.3 is 9.80 Å². The van der Waals surface area contributed by atoms with Crippen LogP contribution < -0.4 is 14.7 Å². The van der Waals surface area contributed by atoms with Crippen molar-refractivity contribution >= 4 is 52.7 Å². The number of nitro groups is 1. The summed E-state index contributed by atoms with van der Waals surface area (Å²) >= 11 is -2.15. The number of rotatable bonds is 7. The summed E-state index contributed by atoms with van der Waals surface area (Å²) in [5, 5.41) is 10.8. The van der Waals surface area contributed by atoms with Crippen molar-refractivity contribution in [3.8, 4) is 0 Å². The second-order valence-electron chi connectivity index (χ2n) is 10.7. The molecule has 0 saturated carbocycles. The van der Waals surface area contributed by atoms with Crippen molar-refractivity contribution in [1.82, 2.24) is 0 Å². The fourth-order valence-corrected chi connectivity index (χ4v) is 7.39. The standard InChI is InChI=1S/C21H27N2.C11H12N2O4.2ClH.Ru/c1-14-9-16(3)20(17(4)10-14)22-7-8-23(13-22)21-18(5)11-15(2)12-19(21)6;1-8-6-9(13(15)16)4-5-10(8)12(2)7-11(14)17-3;;;/h9-13H,7-8H2,1-6H3;1,4-6H,7H2,2-3H3;2*1H;/q-1;;;;+2/p-2. The number of methoxy groups -OCH3 is 1. The van der Waals surface area contributed by atoms with Crippen molar-refractivity contribution in [3.63, 3.8) is 0 Å². The molecule has 0 spiro atoms. The van der Waals surface area contributed by atoms with Crippen LogP contribution in [0.2, 0.25) is 0 Å². The average Bonchev–Trinajstić information content (AvgIpc) is 3.36. The molecule has 43 heavy (non-hydrogen) atoms. The van der Waals surface area contributed by atoms with Crippen LogP contribution in [-0.2, 0) is 23.0 Å². The molecule has 4 rings (SSSR count). The molecule has 0 N–H and O–H groups in total. The number of hydrogen-bond donors (Lipinski definition) is 0. The summed E-state index contributed by atoms with van der Waals surface area (Å²) < 4.78 is 6.18. The van der Waals surface area contributed by atoms with Crippen molar-refractivity contribution in [2.75, 3.05) is 48.5 Å². The molecule has 1 fully saturated rings. The first kappa shape index (κ1) is 34.5. The van der Waals surface area contributed by atoms with E-state index >= 15 is 0 Å².